The highest BCUT2D eigenvalue weighted by molar-refractivity contribution is 9.10. The summed E-state index contributed by atoms with van der Waals surface area (Å²) >= 11 is 3.48. The van der Waals surface area contributed by atoms with E-state index in [9.17, 15) is 0 Å². The summed E-state index contributed by atoms with van der Waals surface area (Å²) in [4.78, 5) is 7.25. The second-order valence-corrected chi connectivity index (χ2v) is 5.12. The topological polar surface area (TPSA) is 54.7 Å². The predicted octanol–water partition coefficient (Wildman–Crippen LogP) is 2.80. The maximum Gasteiger partial charge on any atom is 0.0748 e. The first-order valence-electron chi connectivity index (χ1n) is 5.46. The van der Waals surface area contributed by atoms with Gasteiger partial charge in [0.25, 0.3) is 0 Å². The van der Waals surface area contributed by atoms with E-state index < -0.39 is 5.54 Å². The summed E-state index contributed by atoms with van der Waals surface area (Å²) in [5.41, 5.74) is 7.48. The predicted molar refractivity (Wildman–Crippen MR) is 73.6 cm³/mol. The third-order valence-corrected chi connectivity index (χ3v) is 3.36. The molecule has 3 N–H and O–H groups in total. The van der Waals surface area contributed by atoms with Crippen molar-refractivity contribution in [1.82, 2.24) is 9.97 Å². The molecule has 2 aromatic rings. The van der Waals surface area contributed by atoms with Gasteiger partial charge in [0.05, 0.1) is 22.8 Å². The molecule has 2 heterocycles. The maximum absolute atomic E-state index is 6.01. The van der Waals surface area contributed by atoms with Gasteiger partial charge in [0, 0.05) is 22.3 Å². The summed E-state index contributed by atoms with van der Waals surface area (Å²) in [6.07, 6.45) is 6.26. The van der Waals surface area contributed by atoms with Crippen LogP contribution in [0.15, 0.2) is 23.1 Å². The number of halogens is 1. The number of nitrogens with two attached hydrogens (primary N) is 1. The average Bonchev–Trinajstić information content (AvgIpc) is 2.71. The Kier molecular flexibility index (Phi) is 3.23. The van der Waals surface area contributed by atoms with Crippen LogP contribution in [0.4, 0.5) is 0 Å². The molecular weight excluding hydrogens is 278 g/mol. The van der Waals surface area contributed by atoms with Gasteiger partial charge in [0.1, 0.15) is 0 Å². The molecule has 17 heavy (non-hydrogen) atoms. The molecule has 2 aromatic heterocycles. The SMILES string of the molecule is CCC(C)(N)C#Cc1c[nH]c2cncc(Br)c12. The van der Waals surface area contributed by atoms with Crippen LogP contribution in [0.1, 0.15) is 25.8 Å². The Labute approximate surface area is 109 Å². The zero-order valence-corrected chi connectivity index (χ0v) is 11.4. The molecule has 0 radical (unpaired) electrons. The minimum absolute atomic E-state index is 0.441. The number of H-pyrrole nitrogens is 1. The molecule has 0 fully saturated rings. The van der Waals surface area contributed by atoms with Crippen LogP contribution in [0.25, 0.3) is 10.9 Å². The number of aromatic amines is 1. The summed E-state index contributed by atoms with van der Waals surface area (Å²) in [5.74, 6) is 6.23. The first-order valence-corrected chi connectivity index (χ1v) is 6.25. The summed E-state index contributed by atoms with van der Waals surface area (Å²) in [6, 6.07) is 0. The number of fused-ring (bicyclic) bond motifs is 1. The largest absolute Gasteiger partial charge is 0.359 e. The molecule has 4 heteroatoms. The van der Waals surface area contributed by atoms with E-state index in [1.807, 2.05) is 20.0 Å². The second kappa shape index (κ2) is 4.52. The van der Waals surface area contributed by atoms with E-state index in [0.717, 1.165) is 27.4 Å². The van der Waals surface area contributed by atoms with Gasteiger partial charge in [-0.2, -0.15) is 0 Å². The Morgan fingerprint density at radius 1 is 1.53 bits per heavy atom. The van der Waals surface area contributed by atoms with Crippen LogP contribution >= 0.6 is 15.9 Å². The molecule has 0 saturated carbocycles. The number of hydrogen-bond donors (Lipinski definition) is 2. The monoisotopic (exact) mass is 291 g/mol. The Hall–Kier alpha value is -1.31. The van der Waals surface area contributed by atoms with E-state index in [1.165, 1.54) is 0 Å². The van der Waals surface area contributed by atoms with Crippen LogP contribution in [0, 0.1) is 11.8 Å². The number of rotatable bonds is 1. The lowest BCUT2D eigenvalue weighted by Crippen LogP contribution is -2.32. The molecule has 1 atom stereocenters. The van der Waals surface area contributed by atoms with Crippen molar-refractivity contribution in [3.05, 3.63) is 28.6 Å². The van der Waals surface area contributed by atoms with Crippen molar-refractivity contribution in [2.75, 3.05) is 0 Å². The Morgan fingerprint density at radius 2 is 2.29 bits per heavy atom. The van der Waals surface area contributed by atoms with Crippen molar-refractivity contribution in [2.24, 2.45) is 5.73 Å². The lowest BCUT2D eigenvalue weighted by atomic mass is 10.0. The Balaban J connectivity index is 2.51. The third-order valence-electron chi connectivity index (χ3n) is 2.76. The van der Waals surface area contributed by atoms with E-state index in [2.05, 4.69) is 37.7 Å². The smallest absolute Gasteiger partial charge is 0.0748 e. The van der Waals surface area contributed by atoms with Gasteiger partial charge in [-0.15, -0.1) is 0 Å². The van der Waals surface area contributed by atoms with Gasteiger partial charge in [0.2, 0.25) is 0 Å². The number of hydrogen-bond acceptors (Lipinski definition) is 2. The molecule has 0 aliphatic carbocycles. The van der Waals surface area contributed by atoms with Crippen molar-refractivity contribution in [2.45, 2.75) is 25.8 Å². The number of aromatic nitrogens is 2. The zero-order chi connectivity index (χ0) is 12.5. The summed E-state index contributed by atoms with van der Waals surface area (Å²) in [7, 11) is 0. The van der Waals surface area contributed by atoms with Gasteiger partial charge < -0.3 is 10.7 Å². The molecule has 0 spiro atoms. The van der Waals surface area contributed by atoms with Crippen molar-refractivity contribution in [1.29, 1.82) is 0 Å². The fourth-order valence-corrected chi connectivity index (χ4v) is 1.98. The van der Waals surface area contributed by atoms with Crippen LogP contribution in [0.5, 0.6) is 0 Å². The third kappa shape index (κ3) is 2.51. The minimum atomic E-state index is -0.441. The zero-order valence-electron chi connectivity index (χ0n) is 9.84. The first-order chi connectivity index (χ1) is 8.03. The number of nitrogens with one attached hydrogen (secondary N) is 1. The summed E-state index contributed by atoms with van der Waals surface area (Å²) < 4.78 is 0.941. The minimum Gasteiger partial charge on any atom is -0.359 e. The molecule has 0 aliphatic rings. The lowest BCUT2D eigenvalue weighted by Gasteiger charge is -2.13. The quantitative estimate of drug-likeness (QED) is 0.794. The van der Waals surface area contributed by atoms with Crippen LogP contribution in [0.2, 0.25) is 0 Å². The number of pyridine rings is 1. The molecule has 0 saturated heterocycles. The van der Waals surface area contributed by atoms with E-state index in [4.69, 9.17) is 5.73 Å². The molecule has 0 bridgehead atoms. The normalized spacial score (nSPS) is 14.1. The van der Waals surface area contributed by atoms with Gasteiger partial charge in [-0.3, -0.25) is 4.98 Å². The number of nitrogens with zero attached hydrogens (tertiary/aromatic N) is 1. The van der Waals surface area contributed by atoms with Crippen LogP contribution in [-0.4, -0.2) is 15.5 Å². The van der Waals surface area contributed by atoms with E-state index in [0.29, 0.717) is 0 Å². The average molecular weight is 292 g/mol. The van der Waals surface area contributed by atoms with Crippen LogP contribution in [-0.2, 0) is 0 Å². The lowest BCUT2D eigenvalue weighted by molar-refractivity contribution is 0.586. The molecular formula is C13H14BrN3. The highest BCUT2D eigenvalue weighted by Gasteiger charge is 2.11. The first kappa shape index (κ1) is 12.2. The molecule has 0 amide bonds. The van der Waals surface area contributed by atoms with Gasteiger partial charge in [-0.1, -0.05) is 18.8 Å². The van der Waals surface area contributed by atoms with E-state index in [1.54, 1.807) is 12.4 Å². The highest BCUT2D eigenvalue weighted by Crippen LogP contribution is 2.25. The standard InChI is InChI=1S/C13H14BrN3/c1-3-13(2,15)5-4-9-6-17-11-8-16-7-10(14)12(9)11/h6-8,17H,3,15H2,1-2H3. The molecule has 0 aliphatic heterocycles. The van der Waals surface area contributed by atoms with E-state index >= 15 is 0 Å². The Bertz CT molecular complexity index is 602. The maximum atomic E-state index is 6.01. The van der Waals surface area contributed by atoms with E-state index in [-0.39, 0.29) is 0 Å². The van der Waals surface area contributed by atoms with Crippen molar-refractivity contribution in [3.63, 3.8) is 0 Å². The van der Waals surface area contributed by atoms with Crippen LogP contribution < -0.4 is 5.73 Å². The van der Waals surface area contributed by atoms with Gasteiger partial charge in [-0.25, -0.2) is 0 Å². The fraction of sp³-hybridized carbons (Fsp3) is 0.308. The summed E-state index contributed by atoms with van der Waals surface area (Å²) in [6.45, 7) is 3.97. The van der Waals surface area contributed by atoms with Gasteiger partial charge in [0.15, 0.2) is 0 Å². The molecule has 88 valence electrons. The second-order valence-electron chi connectivity index (χ2n) is 4.27. The molecule has 2 rings (SSSR count). The highest BCUT2D eigenvalue weighted by atomic mass is 79.9. The summed E-state index contributed by atoms with van der Waals surface area (Å²) in [5, 5.41) is 1.06. The molecule has 0 aromatic carbocycles. The van der Waals surface area contributed by atoms with Gasteiger partial charge >= 0.3 is 0 Å². The van der Waals surface area contributed by atoms with Crippen LogP contribution in [0.3, 0.4) is 0 Å². The molecule has 3 nitrogen and oxygen atoms in total. The Morgan fingerprint density at radius 3 is 3.00 bits per heavy atom. The van der Waals surface area contributed by atoms with Gasteiger partial charge in [-0.05, 0) is 29.3 Å². The molecule has 1 unspecified atom stereocenters. The fourth-order valence-electron chi connectivity index (χ4n) is 1.44. The van der Waals surface area contributed by atoms with Crippen molar-refractivity contribution in [3.8, 4) is 11.8 Å². The van der Waals surface area contributed by atoms with Crippen molar-refractivity contribution >= 4 is 26.8 Å². The van der Waals surface area contributed by atoms with Crippen molar-refractivity contribution < 1.29 is 0 Å².